The van der Waals surface area contributed by atoms with Crippen LogP contribution in [-0.2, 0) is 4.74 Å². The number of carbonyl (C=O) groups excluding carboxylic acids is 1. The second kappa shape index (κ2) is 7.88. The van der Waals surface area contributed by atoms with Crippen LogP contribution in [0.25, 0.3) is 11.1 Å². The zero-order valence-corrected chi connectivity index (χ0v) is 13.6. The average molecular weight is 326 g/mol. The van der Waals surface area contributed by atoms with Gasteiger partial charge in [-0.1, -0.05) is 12.1 Å². The Hall–Kier alpha value is -2.47. The van der Waals surface area contributed by atoms with Crippen LogP contribution >= 0.6 is 0 Å². The molecule has 2 heterocycles. The molecule has 0 radical (unpaired) electrons. The highest BCUT2D eigenvalue weighted by atomic mass is 16.5. The van der Waals surface area contributed by atoms with Crippen LogP contribution in [0.5, 0.6) is 0 Å². The first kappa shape index (κ1) is 16.4. The second-order valence-corrected chi connectivity index (χ2v) is 6.04. The maximum absolute atomic E-state index is 12.3. The molecular weight excluding hydrogens is 304 g/mol. The van der Waals surface area contributed by atoms with Crippen LogP contribution in [0.2, 0.25) is 0 Å². The largest absolute Gasteiger partial charge is 0.381 e. The molecule has 126 valence electrons. The van der Waals surface area contributed by atoms with Gasteiger partial charge in [0.2, 0.25) is 5.95 Å². The lowest BCUT2D eigenvalue weighted by molar-refractivity contribution is 0.0952. The van der Waals surface area contributed by atoms with Gasteiger partial charge in [-0.2, -0.15) is 0 Å². The summed E-state index contributed by atoms with van der Waals surface area (Å²) in [6.45, 7) is 2.42. The number of nitrogens with zero attached hydrogens (tertiary/aromatic N) is 2. The van der Waals surface area contributed by atoms with Crippen molar-refractivity contribution in [2.24, 2.45) is 5.92 Å². The van der Waals surface area contributed by atoms with Gasteiger partial charge in [-0.05, 0) is 42.9 Å². The minimum absolute atomic E-state index is 0.0594. The first-order chi connectivity index (χ1) is 11.7. The number of ether oxygens (including phenoxy) is 1. The molecule has 24 heavy (non-hydrogen) atoms. The summed E-state index contributed by atoms with van der Waals surface area (Å²) < 4.78 is 5.36. The van der Waals surface area contributed by atoms with E-state index >= 15 is 0 Å². The molecule has 1 atom stereocenters. The maximum Gasteiger partial charge on any atom is 0.251 e. The molecule has 0 bridgehead atoms. The number of hydrogen-bond donors (Lipinski definition) is 2. The number of nitrogen functional groups attached to an aromatic ring is 1. The van der Waals surface area contributed by atoms with Crippen molar-refractivity contribution in [2.75, 3.05) is 25.5 Å². The molecule has 0 saturated carbocycles. The third kappa shape index (κ3) is 4.29. The third-order valence-corrected chi connectivity index (χ3v) is 4.23. The van der Waals surface area contributed by atoms with Gasteiger partial charge < -0.3 is 15.8 Å². The van der Waals surface area contributed by atoms with Crippen LogP contribution in [0.4, 0.5) is 5.95 Å². The second-order valence-electron chi connectivity index (χ2n) is 6.04. The minimum Gasteiger partial charge on any atom is -0.381 e. The lowest BCUT2D eigenvalue weighted by Crippen LogP contribution is -2.24. The van der Waals surface area contributed by atoms with Crippen molar-refractivity contribution in [3.63, 3.8) is 0 Å². The summed E-state index contributed by atoms with van der Waals surface area (Å²) in [5.41, 5.74) is 7.86. The molecule has 0 aliphatic carbocycles. The van der Waals surface area contributed by atoms with E-state index in [2.05, 4.69) is 15.3 Å². The normalized spacial score (nSPS) is 16.9. The fraction of sp³-hybridized carbons (Fsp3) is 0.389. The molecule has 1 aromatic heterocycles. The number of anilines is 1. The van der Waals surface area contributed by atoms with E-state index in [1.165, 1.54) is 0 Å². The van der Waals surface area contributed by atoms with Gasteiger partial charge in [0.1, 0.15) is 0 Å². The summed E-state index contributed by atoms with van der Waals surface area (Å²) in [6, 6.07) is 7.43. The Labute approximate surface area is 141 Å². The smallest absolute Gasteiger partial charge is 0.251 e. The summed E-state index contributed by atoms with van der Waals surface area (Å²) in [6.07, 6.45) is 6.53. The van der Waals surface area contributed by atoms with Crippen LogP contribution in [0.1, 0.15) is 29.6 Å². The number of nitrogens with one attached hydrogen (secondary N) is 1. The van der Waals surface area contributed by atoms with Crippen LogP contribution in [0.15, 0.2) is 36.7 Å². The Morgan fingerprint density at radius 2 is 2.12 bits per heavy atom. The SMILES string of the molecule is Nc1ncc(-c2cccc(C(=O)NCCC[C@@H]3CCOC3)c2)cn1. The number of rotatable bonds is 6. The van der Waals surface area contributed by atoms with Crippen LogP contribution in [-0.4, -0.2) is 35.6 Å². The molecule has 6 heteroatoms. The lowest BCUT2D eigenvalue weighted by Gasteiger charge is -2.09. The molecule has 0 unspecified atom stereocenters. The van der Waals surface area contributed by atoms with Crippen molar-refractivity contribution < 1.29 is 9.53 Å². The van der Waals surface area contributed by atoms with Crippen LogP contribution in [0, 0.1) is 5.92 Å². The fourth-order valence-electron chi connectivity index (χ4n) is 2.83. The number of amides is 1. The summed E-state index contributed by atoms with van der Waals surface area (Å²) in [4.78, 5) is 20.3. The summed E-state index contributed by atoms with van der Waals surface area (Å²) in [5, 5.41) is 2.98. The predicted molar refractivity (Wildman–Crippen MR) is 92.4 cm³/mol. The van der Waals surface area contributed by atoms with E-state index in [4.69, 9.17) is 10.5 Å². The maximum atomic E-state index is 12.3. The molecule has 1 saturated heterocycles. The quantitative estimate of drug-likeness (QED) is 0.795. The first-order valence-corrected chi connectivity index (χ1v) is 8.26. The van der Waals surface area contributed by atoms with Gasteiger partial charge in [-0.15, -0.1) is 0 Å². The highest BCUT2D eigenvalue weighted by Gasteiger charge is 2.15. The molecule has 3 rings (SSSR count). The molecule has 2 aromatic rings. The van der Waals surface area contributed by atoms with E-state index in [-0.39, 0.29) is 11.9 Å². The molecule has 6 nitrogen and oxygen atoms in total. The van der Waals surface area contributed by atoms with Crippen molar-refractivity contribution >= 4 is 11.9 Å². The molecular formula is C18H22N4O2. The summed E-state index contributed by atoms with van der Waals surface area (Å²) in [7, 11) is 0. The Balaban J connectivity index is 1.54. The molecule has 1 aromatic carbocycles. The topological polar surface area (TPSA) is 90.1 Å². The number of aromatic nitrogens is 2. The van der Waals surface area contributed by atoms with Gasteiger partial charge in [-0.3, -0.25) is 4.79 Å². The molecule has 1 fully saturated rings. The number of nitrogens with two attached hydrogens (primary N) is 1. The van der Waals surface area contributed by atoms with Crippen LogP contribution in [0.3, 0.4) is 0 Å². The van der Waals surface area contributed by atoms with Crippen molar-refractivity contribution in [1.29, 1.82) is 0 Å². The Morgan fingerprint density at radius 3 is 2.88 bits per heavy atom. The minimum atomic E-state index is -0.0594. The van der Waals surface area contributed by atoms with Crippen molar-refractivity contribution in [3.05, 3.63) is 42.2 Å². The van der Waals surface area contributed by atoms with Crippen molar-refractivity contribution in [2.45, 2.75) is 19.3 Å². The van der Waals surface area contributed by atoms with Crippen molar-refractivity contribution in [3.8, 4) is 11.1 Å². The van der Waals surface area contributed by atoms with Crippen molar-refractivity contribution in [1.82, 2.24) is 15.3 Å². The van der Waals surface area contributed by atoms with E-state index in [0.29, 0.717) is 18.0 Å². The van der Waals surface area contributed by atoms with Gasteiger partial charge in [-0.25, -0.2) is 9.97 Å². The molecule has 1 aliphatic rings. The number of hydrogen-bond acceptors (Lipinski definition) is 5. The Kier molecular flexibility index (Phi) is 5.38. The Morgan fingerprint density at radius 1 is 1.29 bits per heavy atom. The van der Waals surface area contributed by atoms with Gasteiger partial charge >= 0.3 is 0 Å². The van der Waals surface area contributed by atoms with Gasteiger partial charge in [0.25, 0.3) is 5.91 Å². The summed E-state index contributed by atoms with van der Waals surface area (Å²) >= 11 is 0. The predicted octanol–water partition coefficient (Wildman–Crippen LogP) is 2.27. The average Bonchev–Trinajstić information content (AvgIpc) is 3.13. The fourth-order valence-corrected chi connectivity index (χ4v) is 2.83. The zero-order valence-electron chi connectivity index (χ0n) is 13.6. The first-order valence-electron chi connectivity index (χ1n) is 8.26. The van der Waals surface area contributed by atoms with E-state index < -0.39 is 0 Å². The monoisotopic (exact) mass is 326 g/mol. The van der Waals surface area contributed by atoms with E-state index in [0.717, 1.165) is 43.6 Å². The van der Waals surface area contributed by atoms with E-state index in [1.54, 1.807) is 12.4 Å². The highest BCUT2D eigenvalue weighted by Crippen LogP contribution is 2.20. The molecule has 1 aliphatic heterocycles. The molecule has 0 spiro atoms. The van der Waals surface area contributed by atoms with Gasteiger partial charge in [0, 0.05) is 43.3 Å². The van der Waals surface area contributed by atoms with Crippen LogP contribution < -0.4 is 11.1 Å². The summed E-state index contributed by atoms with van der Waals surface area (Å²) in [5.74, 6) is 0.826. The lowest BCUT2D eigenvalue weighted by atomic mass is 10.0. The van der Waals surface area contributed by atoms with E-state index in [9.17, 15) is 4.79 Å². The number of benzene rings is 1. The van der Waals surface area contributed by atoms with Gasteiger partial charge in [0.15, 0.2) is 0 Å². The van der Waals surface area contributed by atoms with E-state index in [1.807, 2.05) is 24.3 Å². The molecule has 3 N–H and O–H groups in total. The Bertz CT molecular complexity index is 682. The highest BCUT2D eigenvalue weighted by molar-refractivity contribution is 5.95. The third-order valence-electron chi connectivity index (χ3n) is 4.23. The molecule has 1 amide bonds. The number of carbonyl (C=O) groups is 1. The standard InChI is InChI=1S/C18H22N4O2/c19-18-21-10-16(11-22-18)14-4-1-5-15(9-14)17(23)20-7-2-3-13-6-8-24-12-13/h1,4-5,9-11,13H,2-3,6-8,12H2,(H,20,23)(H2,19,21,22)/t13-/m1/s1. The van der Waals surface area contributed by atoms with Gasteiger partial charge in [0.05, 0.1) is 0 Å². The zero-order chi connectivity index (χ0) is 16.8.